The Balaban J connectivity index is 1.58. The summed E-state index contributed by atoms with van der Waals surface area (Å²) in [5.74, 6) is -1.31. The molecular weight excluding hydrogens is 541 g/mol. The van der Waals surface area contributed by atoms with E-state index in [-0.39, 0.29) is 48.3 Å². The molecule has 0 bridgehead atoms. The second-order valence-corrected chi connectivity index (χ2v) is 9.85. The number of hydrogen-bond donors (Lipinski definition) is 1. The van der Waals surface area contributed by atoms with Crippen LogP contribution in [0.4, 0.5) is 19.0 Å². The number of amides is 2. The smallest absolute Gasteiger partial charge is 0.425 e. The van der Waals surface area contributed by atoms with E-state index in [0.717, 1.165) is 17.7 Å². The highest BCUT2D eigenvalue weighted by Gasteiger charge is 2.41. The number of carbonyl (C=O) groups is 2. The van der Waals surface area contributed by atoms with E-state index in [2.05, 4.69) is 9.72 Å². The Labute approximate surface area is 226 Å². The van der Waals surface area contributed by atoms with Crippen LogP contribution >= 0.6 is 11.6 Å². The molecule has 2 aromatic carbocycles. The number of aliphatic hydroxyl groups is 1. The third-order valence-electron chi connectivity index (χ3n) is 6.70. The number of fused-ring (bicyclic) bond motifs is 1. The van der Waals surface area contributed by atoms with Gasteiger partial charge in [-0.15, -0.1) is 13.2 Å². The number of nitrogens with zero attached hydrogens (tertiary/aromatic N) is 4. The number of benzene rings is 2. The number of alkyl halides is 3. The quantitative estimate of drug-likeness (QED) is 0.470. The molecule has 206 valence electrons. The predicted octanol–water partition coefficient (Wildman–Crippen LogP) is 4.61. The number of halogens is 4. The molecule has 0 spiro atoms. The molecule has 5 rings (SSSR count). The van der Waals surface area contributed by atoms with Crippen LogP contribution in [-0.2, 0) is 11.3 Å². The second-order valence-electron chi connectivity index (χ2n) is 9.41. The van der Waals surface area contributed by atoms with Crippen molar-refractivity contribution in [2.24, 2.45) is 0 Å². The lowest BCUT2D eigenvalue weighted by molar-refractivity contribution is -0.274. The average molecular weight is 565 g/mol. The van der Waals surface area contributed by atoms with Crippen molar-refractivity contribution in [3.05, 3.63) is 64.8 Å². The summed E-state index contributed by atoms with van der Waals surface area (Å²) in [4.78, 5) is 34.2. The van der Waals surface area contributed by atoms with Crippen LogP contribution in [0.1, 0.15) is 35.3 Å². The highest BCUT2D eigenvalue weighted by molar-refractivity contribution is 6.30. The number of rotatable bonds is 6. The third-order valence-corrected chi connectivity index (χ3v) is 6.95. The van der Waals surface area contributed by atoms with Gasteiger partial charge < -0.3 is 19.5 Å². The largest absolute Gasteiger partial charge is 0.573 e. The minimum Gasteiger partial charge on any atom is -0.425 e. The molecule has 39 heavy (non-hydrogen) atoms. The Bertz CT molecular complexity index is 1400. The van der Waals surface area contributed by atoms with Crippen LogP contribution in [0.2, 0.25) is 5.02 Å². The van der Waals surface area contributed by atoms with Crippen LogP contribution < -0.4 is 14.4 Å². The minimum atomic E-state index is -4.89. The zero-order chi connectivity index (χ0) is 27.9. The van der Waals surface area contributed by atoms with Crippen LogP contribution in [0.3, 0.4) is 0 Å². The lowest BCUT2D eigenvalue weighted by Crippen LogP contribution is -2.44. The fourth-order valence-electron chi connectivity index (χ4n) is 4.79. The summed E-state index contributed by atoms with van der Waals surface area (Å²) < 4.78 is 49.6. The lowest BCUT2D eigenvalue weighted by atomic mass is 10.2. The highest BCUT2D eigenvalue weighted by Crippen LogP contribution is 2.36. The SMILES string of the molecule is CN1C(=O)CN([C@@H]2CC[C@@H](O)C2)C(=O)c2c1nc(Oc1cccc(OC(F)(F)F)c1)n2Cc1ccc(Cl)cc1. The van der Waals surface area contributed by atoms with Crippen LogP contribution in [0.15, 0.2) is 48.5 Å². The van der Waals surface area contributed by atoms with Crippen molar-refractivity contribution in [1.29, 1.82) is 0 Å². The molecule has 13 heteroatoms. The first kappa shape index (κ1) is 26.8. The van der Waals surface area contributed by atoms with E-state index in [4.69, 9.17) is 16.3 Å². The second kappa shape index (κ2) is 10.4. The van der Waals surface area contributed by atoms with Crippen molar-refractivity contribution in [3.8, 4) is 17.5 Å². The van der Waals surface area contributed by atoms with Crippen molar-refractivity contribution in [1.82, 2.24) is 14.5 Å². The molecule has 2 amide bonds. The van der Waals surface area contributed by atoms with Gasteiger partial charge in [0.15, 0.2) is 11.5 Å². The summed E-state index contributed by atoms with van der Waals surface area (Å²) in [5.41, 5.74) is 0.810. The fraction of sp³-hybridized carbons (Fsp3) is 0.346. The number of likely N-dealkylation sites (N-methyl/N-ethyl adjacent to an activating group) is 1. The number of aliphatic hydroxyl groups excluding tert-OH is 1. The van der Waals surface area contributed by atoms with Crippen molar-refractivity contribution in [2.75, 3.05) is 18.5 Å². The van der Waals surface area contributed by atoms with Gasteiger partial charge in [-0.25, -0.2) is 0 Å². The van der Waals surface area contributed by atoms with Gasteiger partial charge in [0.2, 0.25) is 5.91 Å². The molecule has 1 fully saturated rings. The summed E-state index contributed by atoms with van der Waals surface area (Å²) in [6.45, 7) is -0.0977. The van der Waals surface area contributed by atoms with Crippen molar-refractivity contribution in [2.45, 2.75) is 44.3 Å². The van der Waals surface area contributed by atoms with Gasteiger partial charge in [0.1, 0.15) is 18.0 Å². The van der Waals surface area contributed by atoms with Gasteiger partial charge in [0, 0.05) is 24.2 Å². The van der Waals surface area contributed by atoms with E-state index in [1.54, 1.807) is 24.3 Å². The maximum atomic E-state index is 13.9. The van der Waals surface area contributed by atoms with Gasteiger partial charge in [-0.05, 0) is 49.1 Å². The highest BCUT2D eigenvalue weighted by atomic mass is 35.5. The van der Waals surface area contributed by atoms with E-state index >= 15 is 0 Å². The van der Waals surface area contributed by atoms with E-state index < -0.39 is 24.1 Å². The predicted molar refractivity (Wildman–Crippen MR) is 134 cm³/mol. The first-order chi connectivity index (χ1) is 18.5. The van der Waals surface area contributed by atoms with Crippen LogP contribution in [0.25, 0.3) is 0 Å². The number of imidazole rings is 1. The van der Waals surface area contributed by atoms with Gasteiger partial charge in [0.05, 0.1) is 12.6 Å². The molecule has 1 saturated carbocycles. The lowest BCUT2D eigenvalue weighted by Gasteiger charge is -2.27. The van der Waals surface area contributed by atoms with Crippen molar-refractivity contribution in [3.63, 3.8) is 0 Å². The van der Waals surface area contributed by atoms with E-state index in [1.807, 2.05) is 0 Å². The molecule has 2 aliphatic rings. The van der Waals surface area contributed by atoms with Crippen LogP contribution in [-0.4, -0.2) is 63.5 Å². The number of aromatic nitrogens is 2. The fourth-order valence-corrected chi connectivity index (χ4v) is 4.92. The maximum Gasteiger partial charge on any atom is 0.573 e. The molecule has 9 nitrogen and oxygen atoms in total. The van der Waals surface area contributed by atoms with Crippen LogP contribution in [0, 0.1) is 0 Å². The monoisotopic (exact) mass is 564 g/mol. The molecule has 2 heterocycles. The van der Waals surface area contributed by atoms with Crippen LogP contribution in [0.5, 0.6) is 17.5 Å². The molecule has 0 radical (unpaired) electrons. The molecule has 1 aromatic heterocycles. The normalized spacial score (nSPS) is 19.7. The molecule has 2 atom stereocenters. The first-order valence-electron chi connectivity index (χ1n) is 12.1. The Morgan fingerprint density at radius 2 is 1.82 bits per heavy atom. The molecule has 1 aliphatic carbocycles. The summed E-state index contributed by atoms with van der Waals surface area (Å²) in [7, 11) is 1.49. The van der Waals surface area contributed by atoms with Gasteiger partial charge in [0.25, 0.3) is 5.91 Å². The topological polar surface area (TPSA) is 97.1 Å². The van der Waals surface area contributed by atoms with Crippen molar-refractivity contribution >= 4 is 29.2 Å². The Morgan fingerprint density at radius 1 is 1.10 bits per heavy atom. The Morgan fingerprint density at radius 3 is 2.49 bits per heavy atom. The number of anilines is 1. The van der Waals surface area contributed by atoms with E-state index in [1.165, 1.54) is 33.5 Å². The molecule has 1 aliphatic heterocycles. The first-order valence-corrected chi connectivity index (χ1v) is 12.5. The van der Waals surface area contributed by atoms with Gasteiger partial charge in [-0.2, -0.15) is 4.98 Å². The summed E-state index contributed by atoms with van der Waals surface area (Å²) in [6.07, 6.45) is -4.06. The van der Waals surface area contributed by atoms with E-state index in [0.29, 0.717) is 24.3 Å². The van der Waals surface area contributed by atoms with E-state index in [9.17, 15) is 27.9 Å². The molecule has 3 aromatic rings. The zero-order valence-electron chi connectivity index (χ0n) is 20.7. The van der Waals surface area contributed by atoms with Gasteiger partial charge >= 0.3 is 12.4 Å². The minimum absolute atomic E-state index is 0.0218. The maximum absolute atomic E-state index is 13.9. The van der Waals surface area contributed by atoms with Gasteiger partial charge in [-0.3, -0.25) is 19.1 Å². The number of hydrogen-bond acceptors (Lipinski definition) is 6. The standard InChI is InChI=1S/C26H24ClF3N4O5/c1-32-21(36)14-33(17-9-10-18(35)11-17)24(37)22-23(32)31-25(34(22)13-15-5-7-16(27)8-6-15)38-19-3-2-4-20(12-19)39-26(28,29)30/h2-8,12,17-18,35H,9-11,13-14H2,1H3/t17-,18-/m1/s1. The third kappa shape index (κ3) is 5.81. The molecule has 0 unspecified atom stereocenters. The Hall–Kier alpha value is -3.77. The van der Waals surface area contributed by atoms with Crippen molar-refractivity contribution < 1.29 is 37.3 Å². The molecule has 0 saturated heterocycles. The van der Waals surface area contributed by atoms with Gasteiger partial charge in [-0.1, -0.05) is 29.8 Å². The summed E-state index contributed by atoms with van der Waals surface area (Å²) in [5, 5.41) is 10.6. The summed E-state index contributed by atoms with van der Waals surface area (Å²) >= 11 is 6.03. The average Bonchev–Trinajstić information content (AvgIpc) is 3.43. The Kier molecular flexibility index (Phi) is 7.17. The molecule has 1 N–H and O–H groups in total. The number of ether oxygens (including phenoxy) is 2. The zero-order valence-corrected chi connectivity index (χ0v) is 21.4. The molecular formula is C26H24ClF3N4O5. The number of carbonyl (C=O) groups excluding carboxylic acids is 2. The summed E-state index contributed by atoms with van der Waals surface area (Å²) in [6, 6.07) is 11.3.